The first-order valence-corrected chi connectivity index (χ1v) is 2.85. The van der Waals surface area contributed by atoms with Crippen molar-refractivity contribution < 1.29 is 9.63 Å². The minimum atomic E-state index is -0.226. The van der Waals surface area contributed by atoms with E-state index in [1.54, 1.807) is 0 Å². The Morgan fingerprint density at radius 1 is 1.89 bits per heavy atom. The van der Waals surface area contributed by atoms with Crippen molar-refractivity contribution in [1.82, 2.24) is 10.4 Å². The van der Waals surface area contributed by atoms with Crippen LogP contribution in [0.2, 0.25) is 0 Å². The zero-order valence-corrected chi connectivity index (χ0v) is 5.55. The van der Waals surface area contributed by atoms with Gasteiger partial charge in [0, 0.05) is 0 Å². The second-order valence-corrected chi connectivity index (χ2v) is 2.18. The van der Waals surface area contributed by atoms with Crippen LogP contribution in [0.25, 0.3) is 0 Å². The SMILES string of the molecule is CC1NOC(=O)CN1C. The fraction of sp³-hybridized carbons (Fsp3) is 0.800. The van der Waals surface area contributed by atoms with Crippen LogP contribution in [0.4, 0.5) is 0 Å². The summed E-state index contributed by atoms with van der Waals surface area (Å²) in [6.45, 7) is 2.29. The largest absolute Gasteiger partial charge is 0.368 e. The molecule has 0 aromatic heterocycles. The van der Waals surface area contributed by atoms with Crippen molar-refractivity contribution in [3.8, 4) is 0 Å². The van der Waals surface area contributed by atoms with E-state index in [1.165, 1.54) is 0 Å². The maximum absolute atomic E-state index is 10.5. The average molecular weight is 130 g/mol. The molecule has 9 heavy (non-hydrogen) atoms. The number of rotatable bonds is 0. The predicted molar refractivity (Wildman–Crippen MR) is 31.3 cm³/mol. The van der Waals surface area contributed by atoms with E-state index in [0.717, 1.165) is 0 Å². The van der Waals surface area contributed by atoms with Gasteiger partial charge in [0.05, 0.1) is 12.7 Å². The molecule has 0 spiro atoms. The molecule has 0 amide bonds. The Bertz CT molecular complexity index is 126. The summed E-state index contributed by atoms with van der Waals surface area (Å²) in [5.74, 6) is -0.226. The van der Waals surface area contributed by atoms with E-state index in [2.05, 4.69) is 10.3 Å². The minimum absolute atomic E-state index is 0.127. The summed E-state index contributed by atoms with van der Waals surface area (Å²) in [4.78, 5) is 16.9. The van der Waals surface area contributed by atoms with E-state index in [0.29, 0.717) is 6.54 Å². The lowest BCUT2D eigenvalue weighted by Crippen LogP contribution is -2.50. The van der Waals surface area contributed by atoms with E-state index >= 15 is 0 Å². The second-order valence-electron chi connectivity index (χ2n) is 2.18. The normalized spacial score (nSPS) is 30.0. The predicted octanol–water partition coefficient (Wildman–Crippen LogP) is -0.674. The second kappa shape index (κ2) is 2.33. The molecule has 1 aliphatic rings. The average Bonchev–Trinajstić information content (AvgIpc) is 1.80. The Labute approximate surface area is 53.7 Å². The zero-order chi connectivity index (χ0) is 6.85. The van der Waals surface area contributed by atoms with Gasteiger partial charge in [0.1, 0.15) is 0 Å². The third-order valence-corrected chi connectivity index (χ3v) is 1.38. The van der Waals surface area contributed by atoms with E-state index in [-0.39, 0.29) is 12.1 Å². The highest BCUT2D eigenvalue weighted by Gasteiger charge is 2.19. The molecular weight excluding hydrogens is 120 g/mol. The van der Waals surface area contributed by atoms with Crippen molar-refractivity contribution in [3.05, 3.63) is 0 Å². The van der Waals surface area contributed by atoms with Crippen LogP contribution in [0, 0.1) is 0 Å². The number of nitrogens with one attached hydrogen (secondary N) is 1. The van der Waals surface area contributed by atoms with Gasteiger partial charge in [-0.15, -0.1) is 5.48 Å². The molecule has 4 heteroatoms. The van der Waals surface area contributed by atoms with Gasteiger partial charge in [-0.3, -0.25) is 4.90 Å². The number of carbonyl (C=O) groups excluding carboxylic acids is 1. The van der Waals surface area contributed by atoms with Crippen LogP contribution >= 0.6 is 0 Å². The zero-order valence-electron chi connectivity index (χ0n) is 5.55. The minimum Gasteiger partial charge on any atom is -0.368 e. The molecule has 1 heterocycles. The topological polar surface area (TPSA) is 41.6 Å². The van der Waals surface area contributed by atoms with E-state index in [4.69, 9.17) is 0 Å². The summed E-state index contributed by atoms with van der Waals surface area (Å²) in [5.41, 5.74) is 2.56. The Morgan fingerprint density at radius 3 is 3.00 bits per heavy atom. The molecule has 52 valence electrons. The molecule has 1 atom stereocenters. The molecule has 0 aromatic rings. The molecular formula is C5H10N2O2. The monoisotopic (exact) mass is 130 g/mol. The van der Waals surface area contributed by atoms with Crippen molar-refractivity contribution in [2.24, 2.45) is 0 Å². The maximum atomic E-state index is 10.5. The molecule has 1 rings (SSSR count). The number of likely N-dealkylation sites (N-methyl/N-ethyl adjacent to an activating group) is 1. The van der Waals surface area contributed by atoms with Crippen LogP contribution in [-0.2, 0) is 9.63 Å². The standard InChI is InChI=1S/C5H10N2O2/c1-4-6-9-5(8)3-7(4)2/h4,6H,3H2,1-2H3. The van der Waals surface area contributed by atoms with Gasteiger partial charge in [-0.05, 0) is 14.0 Å². The number of carbonyl (C=O) groups is 1. The molecule has 0 aliphatic carbocycles. The molecule has 1 fully saturated rings. The lowest BCUT2D eigenvalue weighted by Gasteiger charge is -2.28. The molecule has 0 radical (unpaired) electrons. The summed E-state index contributed by atoms with van der Waals surface area (Å²) in [5, 5.41) is 0. The van der Waals surface area contributed by atoms with Crippen molar-refractivity contribution in [3.63, 3.8) is 0 Å². The van der Waals surface area contributed by atoms with Crippen molar-refractivity contribution >= 4 is 5.97 Å². The van der Waals surface area contributed by atoms with Gasteiger partial charge in [-0.25, -0.2) is 4.79 Å². The summed E-state index contributed by atoms with van der Waals surface area (Å²) in [7, 11) is 1.86. The summed E-state index contributed by atoms with van der Waals surface area (Å²) in [6.07, 6.45) is 0.127. The molecule has 0 aromatic carbocycles. The van der Waals surface area contributed by atoms with Gasteiger partial charge in [-0.1, -0.05) is 0 Å². The molecule has 1 aliphatic heterocycles. The van der Waals surface area contributed by atoms with Gasteiger partial charge in [0.25, 0.3) is 0 Å². The third-order valence-electron chi connectivity index (χ3n) is 1.38. The van der Waals surface area contributed by atoms with Gasteiger partial charge < -0.3 is 4.84 Å². The lowest BCUT2D eigenvalue weighted by atomic mass is 10.4. The number of hydrogen-bond acceptors (Lipinski definition) is 4. The van der Waals surface area contributed by atoms with E-state index in [9.17, 15) is 4.79 Å². The van der Waals surface area contributed by atoms with Crippen molar-refractivity contribution in [2.45, 2.75) is 13.1 Å². The quantitative estimate of drug-likeness (QED) is 0.472. The Hall–Kier alpha value is -0.610. The van der Waals surface area contributed by atoms with Crippen LogP contribution in [0.15, 0.2) is 0 Å². The van der Waals surface area contributed by atoms with Crippen molar-refractivity contribution in [1.29, 1.82) is 0 Å². The lowest BCUT2D eigenvalue weighted by molar-refractivity contribution is -0.167. The highest BCUT2D eigenvalue weighted by Crippen LogP contribution is 1.96. The first-order chi connectivity index (χ1) is 4.20. The van der Waals surface area contributed by atoms with Gasteiger partial charge in [0.15, 0.2) is 0 Å². The van der Waals surface area contributed by atoms with E-state index in [1.807, 2.05) is 18.9 Å². The Kier molecular flexibility index (Phi) is 1.68. The number of nitrogens with zero attached hydrogens (tertiary/aromatic N) is 1. The molecule has 0 bridgehead atoms. The summed E-state index contributed by atoms with van der Waals surface area (Å²) >= 11 is 0. The summed E-state index contributed by atoms with van der Waals surface area (Å²) < 4.78 is 0. The van der Waals surface area contributed by atoms with E-state index < -0.39 is 0 Å². The first kappa shape index (κ1) is 6.51. The summed E-state index contributed by atoms with van der Waals surface area (Å²) in [6, 6.07) is 0. The van der Waals surface area contributed by atoms with Crippen molar-refractivity contribution in [2.75, 3.05) is 13.6 Å². The smallest absolute Gasteiger partial charge is 0.338 e. The molecule has 1 N–H and O–H groups in total. The highest BCUT2D eigenvalue weighted by molar-refractivity contribution is 5.71. The van der Waals surface area contributed by atoms with Gasteiger partial charge in [-0.2, -0.15) is 0 Å². The van der Waals surface area contributed by atoms with Crippen LogP contribution in [0.1, 0.15) is 6.92 Å². The van der Waals surface area contributed by atoms with Crippen LogP contribution < -0.4 is 5.48 Å². The number of hydroxylamine groups is 1. The molecule has 0 saturated carbocycles. The fourth-order valence-electron chi connectivity index (χ4n) is 0.614. The third kappa shape index (κ3) is 1.40. The van der Waals surface area contributed by atoms with Crippen LogP contribution in [-0.4, -0.2) is 30.6 Å². The van der Waals surface area contributed by atoms with Gasteiger partial charge in [0.2, 0.25) is 0 Å². The molecule has 4 nitrogen and oxygen atoms in total. The molecule has 1 saturated heterocycles. The van der Waals surface area contributed by atoms with Crippen LogP contribution in [0.5, 0.6) is 0 Å². The first-order valence-electron chi connectivity index (χ1n) is 2.85. The Balaban J connectivity index is 2.44. The number of hydrogen-bond donors (Lipinski definition) is 1. The fourth-order valence-corrected chi connectivity index (χ4v) is 0.614. The molecule has 1 unspecified atom stereocenters. The maximum Gasteiger partial charge on any atom is 0.338 e. The van der Waals surface area contributed by atoms with Crippen LogP contribution in [0.3, 0.4) is 0 Å². The highest BCUT2D eigenvalue weighted by atomic mass is 16.7. The van der Waals surface area contributed by atoms with Gasteiger partial charge >= 0.3 is 5.97 Å². The Morgan fingerprint density at radius 2 is 2.56 bits per heavy atom.